The van der Waals surface area contributed by atoms with Crippen LogP contribution in [0.2, 0.25) is 0 Å². The van der Waals surface area contributed by atoms with E-state index < -0.39 is 11.9 Å². The lowest BCUT2D eigenvalue weighted by Crippen LogP contribution is -2.45. The number of rotatable bonds is 5. The SMILES string of the molecule is CNC(=O)C(C)NC(=O)COc1ccccc1C#N. The van der Waals surface area contributed by atoms with Gasteiger partial charge in [0.1, 0.15) is 17.9 Å². The van der Waals surface area contributed by atoms with Gasteiger partial charge in [0.25, 0.3) is 5.91 Å². The van der Waals surface area contributed by atoms with Crippen LogP contribution in [0.15, 0.2) is 24.3 Å². The Morgan fingerprint density at radius 3 is 2.74 bits per heavy atom. The van der Waals surface area contributed by atoms with E-state index in [0.717, 1.165) is 0 Å². The number of carbonyl (C=O) groups is 2. The van der Waals surface area contributed by atoms with Crippen LogP contribution in [0.5, 0.6) is 5.75 Å². The molecule has 19 heavy (non-hydrogen) atoms. The first-order valence-electron chi connectivity index (χ1n) is 5.71. The summed E-state index contributed by atoms with van der Waals surface area (Å²) in [6.45, 7) is 1.32. The molecule has 6 heteroatoms. The highest BCUT2D eigenvalue weighted by atomic mass is 16.5. The number of carbonyl (C=O) groups excluding carboxylic acids is 2. The Hall–Kier alpha value is -2.55. The molecule has 100 valence electrons. The lowest BCUT2D eigenvalue weighted by atomic mass is 10.2. The van der Waals surface area contributed by atoms with Crippen LogP contribution in [-0.4, -0.2) is 31.5 Å². The van der Waals surface area contributed by atoms with Crippen molar-refractivity contribution in [2.24, 2.45) is 0 Å². The Balaban J connectivity index is 2.51. The normalized spacial score (nSPS) is 11.0. The summed E-state index contributed by atoms with van der Waals surface area (Å²) in [7, 11) is 1.49. The topological polar surface area (TPSA) is 91.2 Å². The van der Waals surface area contributed by atoms with Gasteiger partial charge in [0, 0.05) is 7.05 Å². The summed E-state index contributed by atoms with van der Waals surface area (Å²) in [5.74, 6) is -0.373. The highest BCUT2D eigenvalue weighted by molar-refractivity contribution is 5.87. The molecule has 0 aromatic heterocycles. The molecule has 0 aliphatic heterocycles. The number of ether oxygens (including phenoxy) is 1. The van der Waals surface area contributed by atoms with E-state index in [9.17, 15) is 9.59 Å². The van der Waals surface area contributed by atoms with Crippen LogP contribution in [0.4, 0.5) is 0 Å². The fourth-order valence-corrected chi connectivity index (χ4v) is 1.39. The van der Waals surface area contributed by atoms with E-state index in [0.29, 0.717) is 11.3 Å². The van der Waals surface area contributed by atoms with Crippen LogP contribution >= 0.6 is 0 Å². The molecule has 1 aromatic rings. The molecule has 0 saturated carbocycles. The molecule has 0 aliphatic rings. The van der Waals surface area contributed by atoms with Crippen LogP contribution in [0.25, 0.3) is 0 Å². The van der Waals surface area contributed by atoms with Crippen molar-refractivity contribution in [2.75, 3.05) is 13.7 Å². The molecule has 1 atom stereocenters. The number of nitriles is 1. The molecule has 2 amide bonds. The zero-order valence-electron chi connectivity index (χ0n) is 10.8. The summed E-state index contributed by atoms with van der Waals surface area (Å²) in [6, 6.07) is 7.95. The zero-order valence-corrected chi connectivity index (χ0v) is 10.8. The lowest BCUT2D eigenvalue weighted by molar-refractivity contribution is -0.129. The number of nitrogens with one attached hydrogen (secondary N) is 2. The maximum Gasteiger partial charge on any atom is 0.258 e. The van der Waals surface area contributed by atoms with Gasteiger partial charge in [-0.15, -0.1) is 0 Å². The molecule has 1 unspecified atom stereocenters. The molecule has 2 N–H and O–H groups in total. The van der Waals surface area contributed by atoms with Crippen LogP contribution in [0.1, 0.15) is 12.5 Å². The van der Waals surface area contributed by atoms with Gasteiger partial charge in [-0.3, -0.25) is 9.59 Å². The highest BCUT2D eigenvalue weighted by Gasteiger charge is 2.14. The molecule has 0 fully saturated rings. The van der Waals surface area contributed by atoms with Crippen molar-refractivity contribution in [1.82, 2.24) is 10.6 Å². The second-order valence-electron chi connectivity index (χ2n) is 3.80. The highest BCUT2D eigenvalue weighted by Crippen LogP contribution is 2.16. The first-order valence-corrected chi connectivity index (χ1v) is 5.71. The fourth-order valence-electron chi connectivity index (χ4n) is 1.39. The van der Waals surface area contributed by atoms with Gasteiger partial charge in [0.15, 0.2) is 6.61 Å². The Morgan fingerprint density at radius 1 is 1.42 bits per heavy atom. The third kappa shape index (κ3) is 4.32. The molecule has 0 saturated heterocycles. The van der Waals surface area contributed by atoms with Crippen molar-refractivity contribution in [2.45, 2.75) is 13.0 Å². The lowest BCUT2D eigenvalue weighted by Gasteiger charge is -2.13. The minimum atomic E-state index is -0.632. The number of likely N-dealkylation sites (N-methyl/N-ethyl adjacent to an activating group) is 1. The summed E-state index contributed by atoms with van der Waals surface area (Å²) in [5, 5.41) is 13.8. The number of amides is 2. The summed E-state index contributed by atoms with van der Waals surface area (Å²) in [6.07, 6.45) is 0. The first kappa shape index (κ1) is 14.5. The van der Waals surface area contributed by atoms with Gasteiger partial charge in [0.2, 0.25) is 5.91 Å². The summed E-state index contributed by atoms with van der Waals surface area (Å²) in [4.78, 5) is 22.8. The third-order valence-corrected chi connectivity index (χ3v) is 2.38. The number of para-hydroxylation sites is 1. The molecular formula is C13H15N3O3. The number of nitrogens with zero attached hydrogens (tertiary/aromatic N) is 1. The maximum atomic E-state index is 11.5. The monoisotopic (exact) mass is 261 g/mol. The first-order chi connectivity index (χ1) is 9.08. The Labute approximate surface area is 111 Å². The van der Waals surface area contributed by atoms with Gasteiger partial charge in [-0.05, 0) is 19.1 Å². The third-order valence-electron chi connectivity index (χ3n) is 2.38. The summed E-state index contributed by atoms with van der Waals surface area (Å²) < 4.78 is 5.24. The van der Waals surface area contributed by atoms with Crippen molar-refractivity contribution in [3.63, 3.8) is 0 Å². The minimum Gasteiger partial charge on any atom is -0.482 e. The standard InChI is InChI=1S/C13H15N3O3/c1-9(13(18)15-2)16-12(17)8-19-11-6-4-3-5-10(11)7-14/h3-6,9H,8H2,1-2H3,(H,15,18)(H,16,17). The predicted octanol–water partition coefficient (Wildman–Crippen LogP) is 0.188. The predicted molar refractivity (Wildman–Crippen MR) is 68.3 cm³/mol. The quantitative estimate of drug-likeness (QED) is 0.791. The average molecular weight is 261 g/mol. The zero-order chi connectivity index (χ0) is 14.3. The van der Waals surface area contributed by atoms with Crippen molar-refractivity contribution in [3.8, 4) is 11.8 Å². The van der Waals surface area contributed by atoms with E-state index in [1.807, 2.05) is 6.07 Å². The fraction of sp³-hybridized carbons (Fsp3) is 0.308. The smallest absolute Gasteiger partial charge is 0.258 e. The Kier molecular flexibility index (Phi) is 5.35. The second kappa shape index (κ2) is 7.01. The van der Waals surface area contributed by atoms with E-state index in [1.165, 1.54) is 7.05 Å². The van der Waals surface area contributed by atoms with Crippen molar-refractivity contribution < 1.29 is 14.3 Å². The number of hydrogen-bond acceptors (Lipinski definition) is 4. The van der Waals surface area contributed by atoms with E-state index in [-0.39, 0.29) is 12.5 Å². The molecule has 0 aliphatic carbocycles. The van der Waals surface area contributed by atoms with E-state index >= 15 is 0 Å². The Bertz CT molecular complexity index is 508. The molecule has 1 aromatic carbocycles. The second-order valence-corrected chi connectivity index (χ2v) is 3.80. The minimum absolute atomic E-state index is 0.250. The largest absolute Gasteiger partial charge is 0.482 e. The van der Waals surface area contributed by atoms with Crippen LogP contribution in [-0.2, 0) is 9.59 Å². The average Bonchev–Trinajstić information content (AvgIpc) is 2.44. The molecule has 0 heterocycles. The van der Waals surface area contributed by atoms with E-state index in [2.05, 4.69) is 10.6 Å². The van der Waals surface area contributed by atoms with Crippen LogP contribution in [0, 0.1) is 11.3 Å². The van der Waals surface area contributed by atoms with Crippen molar-refractivity contribution in [3.05, 3.63) is 29.8 Å². The summed E-state index contributed by atoms with van der Waals surface area (Å²) >= 11 is 0. The van der Waals surface area contributed by atoms with Gasteiger partial charge in [-0.2, -0.15) is 5.26 Å². The van der Waals surface area contributed by atoms with Crippen molar-refractivity contribution in [1.29, 1.82) is 5.26 Å². The van der Waals surface area contributed by atoms with Crippen LogP contribution < -0.4 is 15.4 Å². The van der Waals surface area contributed by atoms with E-state index in [4.69, 9.17) is 10.00 Å². The maximum absolute atomic E-state index is 11.5. The molecule has 1 rings (SSSR count). The van der Waals surface area contributed by atoms with Crippen LogP contribution in [0.3, 0.4) is 0 Å². The molecule has 0 spiro atoms. The summed E-state index contributed by atoms with van der Waals surface area (Å²) in [5.41, 5.74) is 0.356. The van der Waals surface area contributed by atoms with Gasteiger partial charge < -0.3 is 15.4 Å². The van der Waals surface area contributed by atoms with E-state index in [1.54, 1.807) is 31.2 Å². The van der Waals surface area contributed by atoms with Gasteiger partial charge >= 0.3 is 0 Å². The van der Waals surface area contributed by atoms with Crippen molar-refractivity contribution >= 4 is 11.8 Å². The van der Waals surface area contributed by atoms with Gasteiger partial charge in [-0.25, -0.2) is 0 Å². The molecular weight excluding hydrogens is 246 g/mol. The number of hydrogen-bond donors (Lipinski definition) is 2. The number of benzene rings is 1. The molecule has 0 radical (unpaired) electrons. The molecule has 0 bridgehead atoms. The Morgan fingerprint density at radius 2 is 2.11 bits per heavy atom. The van der Waals surface area contributed by atoms with Gasteiger partial charge in [-0.1, -0.05) is 12.1 Å². The molecule has 6 nitrogen and oxygen atoms in total. The van der Waals surface area contributed by atoms with Gasteiger partial charge in [0.05, 0.1) is 5.56 Å².